The summed E-state index contributed by atoms with van der Waals surface area (Å²) in [5.74, 6) is -1.13. The van der Waals surface area contributed by atoms with Gasteiger partial charge in [-0.1, -0.05) is 34.1 Å². The molecule has 0 fully saturated rings. The Balaban J connectivity index is 1.66. The van der Waals surface area contributed by atoms with Crippen molar-refractivity contribution in [3.05, 3.63) is 54.0 Å². The number of carbonyl (C=O) groups excluding carboxylic acids is 1. The number of nitrogens with two attached hydrogens (primary N) is 2. The fourth-order valence-corrected chi connectivity index (χ4v) is 3.75. The van der Waals surface area contributed by atoms with E-state index in [4.69, 9.17) is 11.5 Å². The van der Waals surface area contributed by atoms with Gasteiger partial charge in [0.05, 0.1) is 11.9 Å². The van der Waals surface area contributed by atoms with Gasteiger partial charge in [0.1, 0.15) is 17.2 Å². The first kappa shape index (κ1) is 25.1. The average Bonchev–Trinajstić information content (AvgIpc) is 3.19. The molecule has 0 unspecified atom stereocenters. The lowest BCUT2D eigenvalue weighted by Gasteiger charge is -2.19. The number of nitrogen functional groups attached to an aromatic ring is 2. The molecule has 188 valence electrons. The van der Waals surface area contributed by atoms with Gasteiger partial charge in [0.25, 0.3) is 0 Å². The van der Waals surface area contributed by atoms with Crippen molar-refractivity contribution in [2.24, 2.45) is 0 Å². The number of fused-ring (bicyclic) bond motifs is 1. The molecule has 36 heavy (non-hydrogen) atoms. The number of alkyl halides is 4. The molecule has 1 amide bonds. The van der Waals surface area contributed by atoms with Gasteiger partial charge in [-0.05, 0) is 18.2 Å². The van der Waals surface area contributed by atoms with Crippen LogP contribution >= 0.6 is 15.9 Å². The second-order valence-electron chi connectivity index (χ2n) is 7.38. The van der Waals surface area contributed by atoms with Gasteiger partial charge in [0, 0.05) is 17.1 Å². The Labute approximate surface area is 208 Å². The number of amides is 1. The molecule has 15 heteroatoms. The zero-order valence-electron chi connectivity index (χ0n) is 18.1. The molecule has 4 aromatic rings. The fraction of sp³-hybridized carbons (Fsp3) is 0.190. The lowest BCUT2D eigenvalue weighted by molar-refractivity contribution is -0.194. The van der Waals surface area contributed by atoms with Crippen LogP contribution in [0.25, 0.3) is 22.6 Å². The normalized spacial score (nSPS) is 12.5. The van der Waals surface area contributed by atoms with Crippen LogP contribution in [0.2, 0.25) is 0 Å². The average molecular weight is 569 g/mol. The second-order valence-corrected chi connectivity index (χ2v) is 8.03. The quantitative estimate of drug-likeness (QED) is 0.232. The van der Waals surface area contributed by atoms with E-state index in [1.54, 1.807) is 30.3 Å². The standard InChI is InChI=1S/C21H17BrF4N8O2/c22-8-13(21(24,25)26)36-20(35)30-15-16(27)31-18(32-17(15)28)14-11-5-3-7-29-19(11)34(33-14)9-10-4-1-2-6-12(10)23/h1-7,13H,8-9H2,(H,30,35)(H4,27,28,31,32)/t13-/m1/s1. The molecule has 4 rings (SSSR count). The molecular weight excluding hydrogens is 552 g/mol. The molecule has 0 radical (unpaired) electrons. The van der Waals surface area contributed by atoms with E-state index in [9.17, 15) is 22.4 Å². The molecule has 10 nitrogen and oxygen atoms in total. The Morgan fingerprint density at radius 1 is 1.14 bits per heavy atom. The van der Waals surface area contributed by atoms with E-state index < -0.39 is 29.5 Å². The second kappa shape index (κ2) is 9.93. The van der Waals surface area contributed by atoms with E-state index in [2.05, 4.69) is 40.7 Å². The Morgan fingerprint density at radius 3 is 2.47 bits per heavy atom. The van der Waals surface area contributed by atoms with E-state index in [-0.39, 0.29) is 35.4 Å². The molecule has 3 aromatic heterocycles. The molecule has 0 saturated heterocycles. The van der Waals surface area contributed by atoms with Gasteiger partial charge in [-0.15, -0.1) is 0 Å². The molecule has 1 atom stereocenters. The van der Waals surface area contributed by atoms with Gasteiger partial charge in [0.15, 0.2) is 23.1 Å². The van der Waals surface area contributed by atoms with Crippen LogP contribution in [-0.2, 0) is 11.3 Å². The lowest BCUT2D eigenvalue weighted by atomic mass is 10.2. The molecular formula is C21H17BrF4N8O2. The Bertz CT molecular complexity index is 1410. The Morgan fingerprint density at radius 2 is 1.83 bits per heavy atom. The van der Waals surface area contributed by atoms with Crippen molar-refractivity contribution >= 4 is 50.4 Å². The zero-order valence-corrected chi connectivity index (χ0v) is 19.7. The highest BCUT2D eigenvalue weighted by Gasteiger charge is 2.42. The van der Waals surface area contributed by atoms with Crippen molar-refractivity contribution in [3.8, 4) is 11.5 Å². The van der Waals surface area contributed by atoms with Gasteiger partial charge in [-0.3, -0.25) is 5.32 Å². The summed E-state index contributed by atoms with van der Waals surface area (Å²) in [7, 11) is 0. The highest BCUT2D eigenvalue weighted by atomic mass is 79.9. The summed E-state index contributed by atoms with van der Waals surface area (Å²) in [6.45, 7) is 0.0601. The Hall–Kier alpha value is -4.01. The van der Waals surface area contributed by atoms with Crippen LogP contribution < -0.4 is 16.8 Å². The van der Waals surface area contributed by atoms with Crippen LogP contribution in [0.1, 0.15) is 5.56 Å². The van der Waals surface area contributed by atoms with Gasteiger partial charge >= 0.3 is 12.3 Å². The summed E-state index contributed by atoms with van der Waals surface area (Å²) >= 11 is 2.64. The van der Waals surface area contributed by atoms with Crippen LogP contribution in [-0.4, -0.2) is 48.4 Å². The number of hydrogen-bond acceptors (Lipinski definition) is 8. The van der Waals surface area contributed by atoms with Crippen LogP contribution in [0.4, 0.5) is 39.7 Å². The zero-order chi connectivity index (χ0) is 26.0. The maximum atomic E-state index is 14.2. The molecule has 0 saturated carbocycles. The predicted octanol–water partition coefficient (Wildman–Crippen LogP) is 4.11. The van der Waals surface area contributed by atoms with Crippen molar-refractivity contribution in [3.63, 3.8) is 0 Å². The molecule has 3 heterocycles. The number of aromatic nitrogens is 5. The van der Waals surface area contributed by atoms with Crippen molar-refractivity contribution < 1.29 is 27.1 Å². The summed E-state index contributed by atoms with van der Waals surface area (Å²) < 4.78 is 58.6. The monoisotopic (exact) mass is 568 g/mol. The van der Waals surface area contributed by atoms with Crippen molar-refractivity contribution in [2.75, 3.05) is 22.1 Å². The third kappa shape index (κ3) is 5.15. The molecule has 1 aromatic carbocycles. The molecule has 0 aliphatic rings. The maximum Gasteiger partial charge on any atom is 0.426 e. The van der Waals surface area contributed by atoms with Crippen molar-refractivity contribution in [1.82, 2.24) is 24.7 Å². The number of hydrogen-bond donors (Lipinski definition) is 3. The maximum absolute atomic E-state index is 14.2. The van der Waals surface area contributed by atoms with E-state index in [1.807, 2.05) is 5.32 Å². The van der Waals surface area contributed by atoms with Crippen LogP contribution in [0, 0.1) is 5.82 Å². The minimum Gasteiger partial charge on any atom is -0.435 e. The van der Waals surface area contributed by atoms with Crippen molar-refractivity contribution in [1.29, 1.82) is 0 Å². The number of nitrogens with one attached hydrogen (secondary N) is 1. The summed E-state index contributed by atoms with van der Waals surface area (Å²) in [6.07, 6.45) is -7.09. The van der Waals surface area contributed by atoms with Gasteiger partial charge in [0.2, 0.25) is 6.10 Å². The number of ether oxygens (including phenoxy) is 1. The van der Waals surface area contributed by atoms with Gasteiger partial charge < -0.3 is 16.2 Å². The number of pyridine rings is 1. The third-order valence-electron chi connectivity index (χ3n) is 4.94. The predicted molar refractivity (Wildman–Crippen MR) is 127 cm³/mol. The minimum absolute atomic E-state index is 0.0390. The fourth-order valence-electron chi connectivity index (χ4n) is 3.25. The highest BCUT2D eigenvalue weighted by Crippen LogP contribution is 2.31. The largest absolute Gasteiger partial charge is 0.435 e. The topological polar surface area (TPSA) is 147 Å². The van der Waals surface area contributed by atoms with E-state index in [0.717, 1.165) is 0 Å². The Kier molecular flexibility index (Phi) is 6.92. The number of carbonyl (C=O) groups is 1. The van der Waals surface area contributed by atoms with Gasteiger partial charge in [-0.2, -0.15) is 18.3 Å². The van der Waals surface area contributed by atoms with E-state index in [1.165, 1.54) is 16.9 Å². The van der Waals surface area contributed by atoms with Crippen LogP contribution in [0.3, 0.4) is 0 Å². The first-order valence-corrected chi connectivity index (χ1v) is 11.3. The number of benzene rings is 1. The number of anilines is 3. The van der Waals surface area contributed by atoms with Gasteiger partial charge in [-0.25, -0.2) is 28.8 Å². The first-order valence-electron chi connectivity index (χ1n) is 10.2. The molecule has 5 N–H and O–H groups in total. The summed E-state index contributed by atoms with van der Waals surface area (Å²) in [6, 6.07) is 9.54. The SMILES string of the molecule is Nc1nc(-c2nn(Cc3ccccc3F)c3ncccc23)nc(N)c1NC(=O)O[C@H](CBr)C(F)(F)F. The molecule has 0 aliphatic carbocycles. The third-order valence-corrected chi connectivity index (χ3v) is 5.53. The summed E-state index contributed by atoms with van der Waals surface area (Å²) in [5, 5.41) is 6.34. The van der Waals surface area contributed by atoms with E-state index in [0.29, 0.717) is 16.6 Å². The number of nitrogens with zero attached hydrogens (tertiary/aromatic N) is 5. The van der Waals surface area contributed by atoms with Crippen molar-refractivity contribution in [2.45, 2.75) is 18.8 Å². The summed E-state index contributed by atoms with van der Waals surface area (Å²) in [5.41, 5.74) is 12.5. The minimum atomic E-state index is -4.78. The number of halogens is 5. The van der Waals surface area contributed by atoms with E-state index >= 15 is 0 Å². The molecule has 0 spiro atoms. The van der Waals surface area contributed by atoms with Crippen LogP contribution in [0.15, 0.2) is 42.6 Å². The molecule has 0 bridgehead atoms. The number of rotatable bonds is 6. The highest BCUT2D eigenvalue weighted by molar-refractivity contribution is 9.09. The summed E-state index contributed by atoms with van der Waals surface area (Å²) in [4.78, 5) is 24.5. The smallest absolute Gasteiger partial charge is 0.426 e. The first-order chi connectivity index (χ1) is 17.1. The molecule has 0 aliphatic heterocycles. The van der Waals surface area contributed by atoms with Crippen LogP contribution in [0.5, 0.6) is 0 Å². The lowest BCUT2D eigenvalue weighted by Crippen LogP contribution is -2.36.